The third kappa shape index (κ3) is 5.67. The van der Waals surface area contributed by atoms with Crippen LogP contribution in [0.2, 0.25) is 0 Å². The molecule has 0 saturated heterocycles. The van der Waals surface area contributed by atoms with Crippen molar-refractivity contribution in [3.05, 3.63) is 29.8 Å². The maximum Gasteiger partial charge on any atom is 0.214 e. The van der Waals surface area contributed by atoms with E-state index in [0.717, 1.165) is 6.20 Å². The van der Waals surface area contributed by atoms with E-state index in [9.17, 15) is 9.50 Å². The largest absolute Gasteiger partial charge is 0.377 e. The second-order valence-electron chi connectivity index (χ2n) is 6.39. The summed E-state index contributed by atoms with van der Waals surface area (Å²) in [7, 11) is 1.56. The van der Waals surface area contributed by atoms with Gasteiger partial charge in [-0.15, -0.1) is 0 Å². The van der Waals surface area contributed by atoms with Crippen LogP contribution in [0.1, 0.15) is 46.4 Å². The molecule has 0 saturated carbocycles. The Kier molecular flexibility index (Phi) is 5.81. The average molecular weight is 300 g/mol. The fourth-order valence-electron chi connectivity index (χ4n) is 1.83. The van der Waals surface area contributed by atoms with Crippen LogP contribution >= 0.6 is 0 Å². The molecule has 0 radical (unpaired) electrons. The molecule has 6 heteroatoms. The summed E-state index contributed by atoms with van der Waals surface area (Å²) in [4.78, 5) is 4.06. The SMILES string of the molecule is COC(C)(C)C(NC(O)OC(C)(C)C)c1ccc(F)cn1. The van der Waals surface area contributed by atoms with Crippen LogP contribution in [0.15, 0.2) is 18.3 Å². The minimum Gasteiger partial charge on any atom is -0.377 e. The van der Waals surface area contributed by atoms with Gasteiger partial charge in [0.15, 0.2) is 0 Å². The molecule has 0 spiro atoms. The molecule has 0 aliphatic rings. The number of hydrogen-bond donors (Lipinski definition) is 2. The number of nitrogens with one attached hydrogen (secondary N) is 1. The van der Waals surface area contributed by atoms with Crippen LogP contribution in [0, 0.1) is 5.82 Å². The normalized spacial score (nSPS) is 15.8. The second-order valence-corrected chi connectivity index (χ2v) is 6.39. The molecule has 2 N–H and O–H groups in total. The molecule has 1 aromatic heterocycles. The Labute approximate surface area is 125 Å². The molecule has 1 aromatic rings. The van der Waals surface area contributed by atoms with E-state index in [1.165, 1.54) is 6.07 Å². The van der Waals surface area contributed by atoms with Crippen molar-refractivity contribution >= 4 is 0 Å². The standard InChI is InChI=1S/C15H25FN2O3/c1-14(2,3)21-13(19)18-12(15(4,5)20-6)11-8-7-10(16)9-17-11/h7-9,12-13,18-19H,1-6H3. The Morgan fingerprint density at radius 1 is 1.24 bits per heavy atom. The third-order valence-corrected chi connectivity index (χ3v) is 3.04. The average Bonchev–Trinajstić information content (AvgIpc) is 2.35. The number of halogens is 1. The first-order chi connectivity index (χ1) is 9.55. The topological polar surface area (TPSA) is 63.6 Å². The fraction of sp³-hybridized carbons (Fsp3) is 0.667. The van der Waals surface area contributed by atoms with Gasteiger partial charge in [0.1, 0.15) is 5.82 Å². The van der Waals surface area contributed by atoms with Crippen LogP contribution in [0.5, 0.6) is 0 Å². The minimum absolute atomic E-state index is 0.417. The highest BCUT2D eigenvalue weighted by molar-refractivity contribution is 5.13. The molecule has 2 atom stereocenters. The molecule has 120 valence electrons. The molecule has 0 aliphatic carbocycles. The van der Waals surface area contributed by atoms with Crippen molar-refractivity contribution in [1.82, 2.24) is 10.3 Å². The summed E-state index contributed by atoms with van der Waals surface area (Å²) in [5, 5.41) is 13.0. The van der Waals surface area contributed by atoms with E-state index in [0.29, 0.717) is 5.69 Å². The molecule has 1 heterocycles. The second kappa shape index (κ2) is 6.79. The number of ether oxygens (including phenoxy) is 2. The highest BCUT2D eigenvalue weighted by atomic mass is 19.1. The Balaban J connectivity index is 2.96. The Hall–Kier alpha value is -1.08. The van der Waals surface area contributed by atoms with Gasteiger partial charge in [0.05, 0.1) is 29.1 Å². The van der Waals surface area contributed by atoms with Crippen molar-refractivity contribution in [2.24, 2.45) is 0 Å². The van der Waals surface area contributed by atoms with Crippen LogP contribution in [-0.4, -0.2) is 34.8 Å². The number of aliphatic hydroxyl groups is 1. The first kappa shape index (κ1) is 18.0. The van der Waals surface area contributed by atoms with E-state index in [2.05, 4.69) is 10.3 Å². The van der Waals surface area contributed by atoms with Crippen molar-refractivity contribution in [2.75, 3.05) is 7.11 Å². The number of aromatic nitrogens is 1. The Morgan fingerprint density at radius 2 is 1.86 bits per heavy atom. The summed E-state index contributed by atoms with van der Waals surface area (Å²) in [6.07, 6.45) is -0.0662. The number of methoxy groups -OCH3 is 1. The molecule has 0 amide bonds. The van der Waals surface area contributed by atoms with E-state index in [4.69, 9.17) is 9.47 Å². The maximum absolute atomic E-state index is 13.0. The molecule has 5 nitrogen and oxygen atoms in total. The summed E-state index contributed by atoms with van der Waals surface area (Å²) in [5.41, 5.74) is -0.628. The molecule has 2 unspecified atom stereocenters. The van der Waals surface area contributed by atoms with Gasteiger partial charge in [0.2, 0.25) is 6.41 Å². The predicted octanol–water partition coefficient (Wildman–Crippen LogP) is 2.37. The molecular weight excluding hydrogens is 275 g/mol. The number of rotatable bonds is 6. The molecule has 0 aromatic carbocycles. The van der Waals surface area contributed by atoms with Crippen molar-refractivity contribution < 1.29 is 19.0 Å². The Morgan fingerprint density at radius 3 is 2.29 bits per heavy atom. The lowest BCUT2D eigenvalue weighted by atomic mass is 9.95. The van der Waals surface area contributed by atoms with Gasteiger partial charge in [-0.25, -0.2) is 4.39 Å². The number of aliphatic hydroxyl groups excluding tert-OH is 1. The van der Waals surface area contributed by atoms with Crippen molar-refractivity contribution in [1.29, 1.82) is 0 Å². The monoisotopic (exact) mass is 300 g/mol. The summed E-state index contributed by atoms with van der Waals surface area (Å²) in [5.74, 6) is -0.417. The molecule has 0 aliphatic heterocycles. The van der Waals surface area contributed by atoms with Crippen molar-refractivity contribution in [3.8, 4) is 0 Å². The van der Waals surface area contributed by atoms with E-state index in [1.54, 1.807) is 13.2 Å². The van der Waals surface area contributed by atoms with Gasteiger partial charge < -0.3 is 14.6 Å². The molecule has 0 bridgehead atoms. The van der Waals surface area contributed by atoms with Gasteiger partial charge >= 0.3 is 0 Å². The lowest BCUT2D eigenvalue weighted by Gasteiger charge is -2.36. The zero-order chi connectivity index (χ0) is 16.3. The molecular formula is C15H25FN2O3. The lowest BCUT2D eigenvalue weighted by molar-refractivity contribution is -0.195. The van der Waals surface area contributed by atoms with Gasteiger partial charge in [0.25, 0.3) is 0 Å². The zero-order valence-corrected chi connectivity index (χ0v) is 13.5. The Bertz CT molecular complexity index is 443. The number of hydrogen-bond acceptors (Lipinski definition) is 5. The minimum atomic E-state index is -1.20. The van der Waals surface area contributed by atoms with Crippen LogP contribution < -0.4 is 5.32 Å². The predicted molar refractivity (Wildman–Crippen MR) is 78.0 cm³/mol. The van der Waals surface area contributed by atoms with Crippen LogP contribution in [0.4, 0.5) is 4.39 Å². The smallest absolute Gasteiger partial charge is 0.214 e. The van der Waals surface area contributed by atoms with Gasteiger partial charge in [-0.05, 0) is 46.8 Å². The van der Waals surface area contributed by atoms with E-state index < -0.39 is 29.5 Å². The number of nitrogens with zero attached hydrogens (tertiary/aromatic N) is 1. The summed E-state index contributed by atoms with van der Waals surface area (Å²) in [6, 6.07) is 2.40. The van der Waals surface area contributed by atoms with Crippen LogP contribution in [0.3, 0.4) is 0 Å². The maximum atomic E-state index is 13.0. The quantitative estimate of drug-likeness (QED) is 0.790. The summed E-state index contributed by atoms with van der Waals surface area (Å²) in [6.45, 7) is 9.21. The zero-order valence-electron chi connectivity index (χ0n) is 13.5. The number of pyridine rings is 1. The van der Waals surface area contributed by atoms with Gasteiger partial charge in [-0.2, -0.15) is 0 Å². The first-order valence-electron chi connectivity index (χ1n) is 6.84. The highest BCUT2D eigenvalue weighted by Crippen LogP contribution is 2.28. The van der Waals surface area contributed by atoms with E-state index in [-0.39, 0.29) is 0 Å². The summed E-state index contributed by atoms with van der Waals surface area (Å²) < 4.78 is 23.9. The van der Waals surface area contributed by atoms with Crippen LogP contribution in [0.25, 0.3) is 0 Å². The molecule has 1 rings (SSSR count). The van der Waals surface area contributed by atoms with Crippen LogP contribution in [-0.2, 0) is 9.47 Å². The highest BCUT2D eigenvalue weighted by Gasteiger charge is 2.34. The van der Waals surface area contributed by atoms with Crippen molar-refractivity contribution in [2.45, 2.75) is 58.3 Å². The van der Waals surface area contributed by atoms with E-state index in [1.807, 2.05) is 34.6 Å². The van der Waals surface area contributed by atoms with Gasteiger partial charge in [0, 0.05) is 7.11 Å². The molecule has 0 fully saturated rings. The molecule has 21 heavy (non-hydrogen) atoms. The third-order valence-electron chi connectivity index (χ3n) is 3.04. The van der Waals surface area contributed by atoms with Gasteiger partial charge in [-0.1, -0.05) is 0 Å². The van der Waals surface area contributed by atoms with E-state index >= 15 is 0 Å². The van der Waals surface area contributed by atoms with Crippen molar-refractivity contribution in [3.63, 3.8) is 0 Å². The fourth-order valence-corrected chi connectivity index (χ4v) is 1.83. The lowest BCUT2D eigenvalue weighted by Crippen LogP contribution is -2.48. The first-order valence-corrected chi connectivity index (χ1v) is 6.84. The van der Waals surface area contributed by atoms with Gasteiger partial charge in [-0.3, -0.25) is 10.3 Å². The summed E-state index contributed by atoms with van der Waals surface area (Å²) >= 11 is 0.